The van der Waals surface area contributed by atoms with Crippen LogP contribution in [0.5, 0.6) is 0 Å². The lowest BCUT2D eigenvalue weighted by Crippen LogP contribution is -2.44. The Morgan fingerprint density at radius 3 is 2.72 bits per heavy atom. The summed E-state index contributed by atoms with van der Waals surface area (Å²) in [5.74, 6) is 0.817. The number of hydrogen-bond acceptors (Lipinski definition) is 5. The predicted molar refractivity (Wildman–Crippen MR) is 108 cm³/mol. The van der Waals surface area contributed by atoms with E-state index in [1.54, 1.807) is 11.3 Å². The number of halogens is 2. The highest BCUT2D eigenvalue weighted by Gasteiger charge is 2.24. The molecule has 0 aromatic carbocycles. The van der Waals surface area contributed by atoms with E-state index in [-0.39, 0.29) is 36.8 Å². The molecule has 3 heterocycles. The molecule has 0 saturated carbocycles. The van der Waals surface area contributed by atoms with E-state index in [1.807, 2.05) is 0 Å². The molecule has 1 unspecified atom stereocenters. The van der Waals surface area contributed by atoms with Gasteiger partial charge >= 0.3 is 0 Å². The van der Waals surface area contributed by atoms with E-state index in [9.17, 15) is 4.79 Å². The van der Waals surface area contributed by atoms with Gasteiger partial charge in [0.1, 0.15) is 0 Å². The highest BCUT2D eigenvalue weighted by molar-refractivity contribution is 7.09. The average molecular weight is 409 g/mol. The van der Waals surface area contributed by atoms with Crippen LogP contribution in [0.15, 0.2) is 5.38 Å². The Bertz CT molecular complexity index is 515. The second-order valence-electron chi connectivity index (χ2n) is 6.70. The van der Waals surface area contributed by atoms with Crippen molar-refractivity contribution >= 4 is 42.1 Å². The van der Waals surface area contributed by atoms with Crippen LogP contribution >= 0.6 is 36.2 Å². The van der Waals surface area contributed by atoms with E-state index in [2.05, 4.69) is 32.8 Å². The molecule has 25 heavy (non-hydrogen) atoms. The lowest BCUT2D eigenvalue weighted by Gasteiger charge is -2.31. The highest BCUT2D eigenvalue weighted by atomic mass is 35.5. The molecule has 2 aliphatic heterocycles. The fourth-order valence-corrected chi connectivity index (χ4v) is 4.17. The molecule has 2 N–H and O–H groups in total. The third kappa shape index (κ3) is 6.68. The molecule has 1 aromatic rings. The lowest BCUT2D eigenvalue weighted by molar-refractivity contribution is -0.123. The minimum Gasteiger partial charge on any atom is -0.354 e. The lowest BCUT2D eigenvalue weighted by atomic mass is 9.96. The Hall–Kier alpha value is -0.400. The van der Waals surface area contributed by atoms with Gasteiger partial charge in [0.25, 0.3) is 0 Å². The van der Waals surface area contributed by atoms with E-state index >= 15 is 0 Å². The van der Waals surface area contributed by atoms with Crippen molar-refractivity contribution in [2.75, 3.05) is 26.2 Å². The van der Waals surface area contributed by atoms with Crippen LogP contribution in [-0.2, 0) is 17.8 Å². The standard InChI is InChI=1S/C17H28N4OS.2ClH/c1-2-16-20-14(12-23-16)11-21-8-5-13(6-9-21)10-19-17(22)15-4-3-7-18-15;;/h12-13,15,18H,2-11H2,1H3,(H,19,22);2*1H. The number of aromatic nitrogens is 1. The molecule has 3 rings (SSSR count). The molecule has 8 heteroatoms. The van der Waals surface area contributed by atoms with Crippen molar-refractivity contribution in [3.63, 3.8) is 0 Å². The van der Waals surface area contributed by atoms with Gasteiger partial charge in [-0.15, -0.1) is 36.2 Å². The van der Waals surface area contributed by atoms with Crippen LogP contribution in [0.1, 0.15) is 43.3 Å². The number of carbonyl (C=O) groups is 1. The van der Waals surface area contributed by atoms with Gasteiger partial charge in [-0.05, 0) is 57.7 Å². The summed E-state index contributed by atoms with van der Waals surface area (Å²) >= 11 is 1.77. The van der Waals surface area contributed by atoms with Gasteiger partial charge < -0.3 is 10.6 Å². The molecule has 2 saturated heterocycles. The Balaban J connectivity index is 0.00000156. The molecule has 0 spiro atoms. The third-order valence-corrected chi connectivity index (χ3v) is 5.98. The minimum atomic E-state index is 0. The van der Waals surface area contributed by atoms with Gasteiger partial charge in [-0.25, -0.2) is 4.98 Å². The molecule has 0 radical (unpaired) electrons. The zero-order valence-corrected chi connectivity index (χ0v) is 17.3. The first-order chi connectivity index (χ1) is 11.2. The summed E-state index contributed by atoms with van der Waals surface area (Å²) < 4.78 is 0. The average Bonchev–Trinajstić information content (AvgIpc) is 3.25. The Kier molecular flexibility index (Phi) is 10.3. The number of aryl methyl sites for hydroxylation is 1. The van der Waals surface area contributed by atoms with Crippen LogP contribution in [0, 0.1) is 5.92 Å². The number of carbonyl (C=O) groups excluding carboxylic acids is 1. The van der Waals surface area contributed by atoms with E-state index in [1.165, 1.54) is 23.5 Å². The molecule has 1 aromatic heterocycles. The largest absolute Gasteiger partial charge is 0.354 e. The summed E-state index contributed by atoms with van der Waals surface area (Å²) in [4.78, 5) is 19.2. The molecule has 1 amide bonds. The number of amides is 1. The maximum atomic E-state index is 12.0. The van der Waals surface area contributed by atoms with E-state index < -0.39 is 0 Å². The zero-order valence-electron chi connectivity index (χ0n) is 14.8. The van der Waals surface area contributed by atoms with Gasteiger partial charge in [-0.1, -0.05) is 6.92 Å². The first kappa shape index (κ1) is 22.6. The number of likely N-dealkylation sites (tertiary alicyclic amines) is 1. The summed E-state index contributed by atoms with van der Waals surface area (Å²) in [5.41, 5.74) is 1.21. The van der Waals surface area contributed by atoms with Gasteiger partial charge in [-0.2, -0.15) is 0 Å². The summed E-state index contributed by atoms with van der Waals surface area (Å²) in [6.45, 7) is 7.17. The molecule has 0 bridgehead atoms. The normalized spacial score (nSPS) is 21.4. The topological polar surface area (TPSA) is 57.3 Å². The first-order valence-corrected chi connectivity index (χ1v) is 9.79. The SMILES string of the molecule is CCc1nc(CN2CCC(CNC(=O)C3CCCN3)CC2)cs1.Cl.Cl. The fraction of sp³-hybridized carbons (Fsp3) is 0.765. The van der Waals surface area contributed by atoms with Crippen LogP contribution in [-0.4, -0.2) is 48.0 Å². The van der Waals surface area contributed by atoms with Gasteiger partial charge in [0.2, 0.25) is 5.91 Å². The maximum absolute atomic E-state index is 12.0. The number of piperidine rings is 1. The van der Waals surface area contributed by atoms with Gasteiger partial charge in [0.05, 0.1) is 16.7 Å². The third-order valence-electron chi connectivity index (χ3n) is 4.94. The van der Waals surface area contributed by atoms with E-state index in [0.29, 0.717) is 5.92 Å². The Morgan fingerprint density at radius 2 is 2.12 bits per heavy atom. The number of thiazole rings is 1. The Morgan fingerprint density at radius 1 is 1.36 bits per heavy atom. The smallest absolute Gasteiger partial charge is 0.237 e. The van der Waals surface area contributed by atoms with Gasteiger partial charge in [0, 0.05) is 18.5 Å². The molecular formula is C17H30Cl2N4OS. The van der Waals surface area contributed by atoms with Crippen molar-refractivity contribution in [3.8, 4) is 0 Å². The predicted octanol–water partition coefficient (Wildman–Crippen LogP) is 2.63. The van der Waals surface area contributed by atoms with Crippen molar-refractivity contribution in [1.29, 1.82) is 0 Å². The molecule has 1 atom stereocenters. The molecule has 144 valence electrons. The number of nitrogens with zero attached hydrogens (tertiary/aromatic N) is 2. The molecule has 5 nitrogen and oxygen atoms in total. The van der Waals surface area contributed by atoms with Crippen LogP contribution in [0.3, 0.4) is 0 Å². The summed E-state index contributed by atoms with van der Waals surface area (Å²) in [7, 11) is 0. The quantitative estimate of drug-likeness (QED) is 0.759. The van der Waals surface area contributed by atoms with Crippen molar-refractivity contribution in [3.05, 3.63) is 16.1 Å². The summed E-state index contributed by atoms with van der Waals surface area (Å²) in [5, 5.41) is 9.83. The maximum Gasteiger partial charge on any atom is 0.237 e. The number of rotatable bonds is 6. The van der Waals surface area contributed by atoms with E-state index in [4.69, 9.17) is 0 Å². The van der Waals surface area contributed by atoms with Crippen molar-refractivity contribution in [2.24, 2.45) is 5.92 Å². The number of nitrogens with one attached hydrogen (secondary N) is 2. The van der Waals surface area contributed by atoms with E-state index in [0.717, 1.165) is 52.0 Å². The molecular weight excluding hydrogens is 379 g/mol. The molecule has 0 aliphatic carbocycles. The van der Waals surface area contributed by atoms with Crippen molar-refractivity contribution < 1.29 is 4.79 Å². The first-order valence-electron chi connectivity index (χ1n) is 8.91. The van der Waals surface area contributed by atoms with Crippen molar-refractivity contribution in [1.82, 2.24) is 20.5 Å². The zero-order chi connectivity index (χ0) is 16.1. The second kappa shape index (κ2) is 11.3. The van der Waals surface area contributed by atoms with Crippen LogP contribution in [0.4, 0.5) is 0 Å². The second-order valence-corrected chi connectivity index (χ2v) is 7.64. The van der Waals surface area contributed by atoms with Crippen LogP contribution < -0.4 is 10.6 Å². The summed E-state index contributed by atoms with van der Waals surface area (Å²) in [6.07, 6.45) is 5.47. The van der Waals surface area contributed by atoms with Gasteiger partial charge in [0.15, 0.2) is 0 Å². The van der Waals surface area contributed by atoms with Crippen LogP contribution in [0.25, 0.3) is 0 Å². The van der Waals surface area contributed by atoms with Crippen molar-refractivity contribution in [2.45, 2.75) is 51.6 Å². The fourth-order valence-electron chi connectivity index (χ4n) is 3.44. The monoisotopic (exact) mass is 408 g/mol. The van der Waals surface area contributed by atoms with Crippen LogP contribution in [0.2, 0.25) is 0 Å². The minimum absolute atomic E-state index is 0. The van der Waals surface area contributed by atoms with Gasteiger partial charge in [-0.3, -0.25) is 9.69 Å². The molecule has 2 fully saturated rings. The highest BCUT2D eigenvalue weighted by Crippen LogP contribution is 2.19. The number of hydrogen-bond donors (Lipinski definition) is 2. The summed E-state index contributed by atoms with van der Waals surface area (Å²) in [6, 6.07) is 0.0486. The Labute approximate surface area is 167 Å². The molecule has 2 aliphatic rings.